The van der Waals surface area contributed by atoms with Crippen molar-refractivity contribution in [2.45, 2.75) is 32.4 Å². The number of carboxylic acid groups (broad SMARTS) is 1. The van der Waals surface area contributed by atoms with E-state index in [0.717, 1.165) is 32.6 Å². The highest BCUT2D eigenvalue weighted by molar-refractivity contribution is 5.73. The van der Waals surface area contributed by atoms with Crippen LogP contribution in [0.25, 0.3) is 0 Å². The Balaban J connectivity index is 2.45. The van der Waals surface area contributed by atoms with Gasteiger partial charge in [-0.1, -0.05) is 6.92 Å². The highest BCUT2D eigenvalue weighted by Crippen LogP contribution is 2.08. The number of hydrogen-bond donors (Lipinski definition) is 2. The molecule has 1 aliphatic heterocycles. The number of nitrogens with one attached hydrogen (secondary N) is 1. The summed E-state index contributed by atoms with van der Waals surface area (Å²) in [5.74, 6) is -0.746. The molecule has 1 rings (SSSR count). The number of piperazine rings is 1. The number of rotatable bonds is 6. The molecule has 0 aromatic rings. The molecule has 0 aromatic heterocycles. The van der Waals surface area contributed by atoms with Gasteiger partial charge in [-0.25, -0.2) is 0 Å². The van der Waals surface area contributed by atoms with Crippen molar-refractivity contribution in [3.63, 3.8) is 0 Å². The third-order valence-corrected chi connectivity index (χ3v) is 3.32. The summed E-state index contributed by atoms with van der Waals surface area (Å²) in [7, 11) is 2.11. The minimum atomic E-state index is -0.746. The largest absolute Gasteiger partial charge is 0.480 e. The molecule has 2 atom stereocenters. The molecule has 1 saturated heterocycles. The molecular formula is C12H25N3O2. The molecule has 2 unspecified atom stereocenters. The van der Waals surface area contributed by atoms with Gasteiger partial charge in [0.2, 0.25) is 0 Å². The zero-order valence-electron chi connectivity index (χ0n) is 11.1. The van der Waals surface area contributed by atoms with E-state index in [-0.39, 0.29) is 0 Å². The molecule has 1 aliphatic rings. The summed E-state index contributed by atoms with van der Waals surface area (Å²) in [6, 6.07) is -0.0140. The molecule has 1 fully saturated rings. The second-order valence-corrected chi connectivity index (χ2v) is 4.95. The van der Waals surface area contributed by atoms with Crippen molar-refractivity contribution in [3.05, 3.63) is 0 Å². The van der Waals surface area contributed by atoms with Crippen molar-refractivity contribution in [1.82, 2.24) is 15.1 Å². The topological polar surface area (TPSA) is 55.8 Å². The van der Waals surface area contributed by atoms with Gasteiger partial charge in [0.15, 0.2) is 0 Å². The van der Waals surface area contributed by atoms with Gasteiger partial charge in [-0.3, -0.25) is 9.69 Å². The first-order valence-electron chi connectivity index (χ1n) is 6.43. The molecule has 0 radical (unpaired) electrons. The summed E-state index contributed by atoms with van der Waals surface area (Å²) in [5.41, 5.74) is 0. The minimum absolute atomic E-state index is 0.430. The third-order valence-electron chi connectivity index (χ3n) is 3.32. The van der Waals surface area contributed by atoms with Crippen molar-refractivity contribution in [2.24, 2.45) is 0 Å². The van der Waals surface area contributed by atoms with Crippen molar-refractivity contribution in [1.29, 1.82) is 0 Å². The Morgan fingerprint density at radius 3 is 2.76 bits per heavy atom. The minimum Gasteiger partial charge on any atom is -0.480 e. The first-order valence-corrected chi connectivity index (χ1v) is 6.43. The predicted octanol–water partition coefficient (Wildman–Crippen LogP) is 0.0751. The Kier molecular flexibility index (Phi) is 5.88. The van der Waals surface area contributed by atoms with E-state index in [1.54, 1.807) is 0 Å². The number of aliphatic carboxylic acids is 1. The molecule has 0 saturated carbocycles. The van der Waals surface area contributed by atoms with Crippen LogP contribution >= 0.6 is 0 Å². The zero-order valence-corrected chi connectivity index (χ0v) is 11.1. The molecule has 0 aliphatic carbocycles. The lowest BCUT2D eigenvalue weighted by molar-refractivity contribution is -0.140. The summed E-state index contributed by atoms with van der Waals surface area (Å²) in [6.45, 7) is 8.56. The van der Waals surface area contributed by atoms with Crippen molar-refractivity contribution >= 4 is 5.97 Å². The van der Waals surface area contributed by atoms with E-state index in [0.29, 0.717) is 12.6 Å². The van der Waals surface area contributed by atoms with Crippen LogP contribution in [0.2, 0.25) is 0 Å². The predicted molar refractivity (Wildman–Crippen MR) is 68.2 cm³/mol. The molecule has 5 nitrogen and oxygen atoms in total. The van der Waals surface area contributed by atoms with Crippen LogP contribution in [0.4, 0.5) is 0 Å². The Hall–Kier alpha value is -0.650. The first kappa shape index (κ1) is 14.4. The van der Waals surface area contributed by atoms with Crippen LogP contribution in [0.5, 0.6) is 0 Å². The van der Waals surface area contributed by atoms with Crippen LogP contribution in [0.3, 0.4) is 0 Å². The van der Waals surface area contributed by atoms with E-state index in [1.165, 1.54) is 0 Å². The average Bonchev–Trinajstić information content (AvgIpc) is 2.26. The van der Waals surface area contributed by atoms with Gasteiger partial charge in [-0.05, 0) is 26.9 Å². The third kappa shape index (κ3) is 4.61. The summed E-state index contributed by atoms with van der Waals surface area (Å²) >= 11 is 0. The van der Waals surface area contributed by atoms with Crippen LogP contribution in [-0.2, 0) is 4.79 Å². The van der Waals surface area contributed by atoms with Crippen LogP contribution in [-0.4, -0.2) is 72.7 Å². The first-order chi connectivity index (χ1) is 8.04. The second-order valence-electron chi connectivity index (χ2n) is 4.95. The van der Waals surface area contributed by atoms with Gasteiger partial charge >= 0.3 is 5.97 Å². The average molecular weight is 243 g/mol. The fraction of sp³-hybridized carbons (Fsp3) is 0.917. The van der Waals surface area contributed by atoms with Crippen molar-refractivity contribution in [3.8, 4) is 0 Å². The summed E-state index contributed by atoms with van der Waals surface area (Å²) < 4.78 is 0. The molecule has 0 aromatic carbocycles. The maximum atomic E-state index is 11.2. The van der Waals surface area contributed by atoms with Gasteiger partial charge in [0.25, 0.3) is 0 Å². The van der Waals surface area contributed by atoms with E-state index < -0.39 is 12.0 Å². The Labute approximate surface area is 104 Å². The van der Waals surface area contributed by atoms with Crippen molar-refractivity contribution in [2.75, 3.05) is 39.8 Å². The van der Waals surface area contributed by atoms with Crippen LogP contribution in [0.15, 0.2) is 0 Å². The van der Waals surface area contributed by atoms with Crippen LogP contribution < -0.4 is 5.32 Å². The Morgan fingerprint density at radius 2 is 2.24 bits per heavy atom. The standard InChI is InChI=1S/C12H25N3O2/c1-4-5-13-11(12(16)17)9-15-7-6-14(3)8-10(15)2/h10-11,13H,4-9H2,1-3H3,(H,16,17). The second kappa shape index (κ2) is 6.93. The maximum Gasteiger partial charge on any atom is 0.322 e. The summed E-state index contributed by atoms with van der Waals surface area (Å²) in [6.07, 6.45) is 0.960. The van der Waals surface area contributed by atoms with Gasteiger partial charge in [0.05, 0.1) is 0 Å². The lowest BCUT2D eigenvalue weighted by atomic mass is 10.1. The summed E-state index contributed by atoms with van der Waals surface area (Å²) in [4.78, 5) is 15.7. The van der Waals surface area contributed by atoms with Crippen molar-refractivity contribution < 1.29 is 9.90 Å². The molecule has 100 valence electrons. The fourth-order valence-electron chi connectivity index (χ4n) is 2.23. The number of carbonyl (C=O) groups is 1. The number of likely N-dealkylation sites (N-methyl/N-ethyl adjacent to an activating group) is 1. The molecular weight excluding hydrogens is 218 g/mol. The number of nitrogens with zero attached hydrogens (tertiary/aromatic N) is 2. The molecule has 2 N–H and O–H groups in total. The maximum absolute atomic E-state index is 11.2. The van der Waals surface area contributed by atoms with Gasteiger partial charge in [-0.15, -0.1) is 0 Å². The van der Waals surface area contributed by atoms with Gasteiger partial charge in [0.1, 0.15) is 6.04 Å². The van der Waals surface area contributed by atoms with Crippen LogP contribution in [0, 0.1) is 0 Å². The van der Waals surface area contributed by atoms with E-state index in [9.17, 15) is 4.79 Å². The molecule has 0 amide bonds. The quantitative estimate of drug-likeness (QED) is 0.692. The molecule has 0 spiro atoms. The molecule has 5 heteroatoms. The van der Waals surface area contributed by atoms with Crippen LogP contribution in [0.1, 0.15) is 20.3 Å². The smallest absolute Gasteiger partial charge is 0.322 e. The molecule has 1 heterocycles. The lowest BCUT2D eigenvalue weighted by Crippen LogP contribution is -2.55. The molecule has 0 bridgehead atoms. The Morgan fingerprint density at radius 1 is 1.53 bits per heavy atom. The SMILES string of the molecule is CCCNC(CN1CCN(C)CC1C)C(=O)O. The number of carboxylic acids is 1. The number of hydrogen-bond acceptors (Lipinski definition) is 4. The summed E-state index contributed by atoms with van der Waals surface area (Å²) in [5, 5.41) is 12.3. The molecule has 17 heavy (non-hydrogen) atoms. The normalized spacial score (nSPS) is 24.8. The van der Waals surface area contributed by atoms with Gasteiger partial charge in [-0.2, -0.15) is 0 Å². The lowest BCUT2D eigenvalue weighted by Gasteiger charge is -2.39. The van der Waals surface area contributed by atoms with Gasteiger partial charge < -0.3 is 15.3 Å². The highest BCUT2D eigenvalue weighted by atomic mass is 16.4. The van der Waals surface area contributed by atoms with E-state index >= 15 is 0 Å². The fourth-order valence-corrected chi connectivity index (χ4v) is 2.23. The van der Waals surface area contributed by atoms with E-state index in [4.69, 9.17) is 5.11 Å². The Bertz CT molecular complexity index is 248. The highest BCUT2D eigenvalue weighted by Gasteiger charge is 2.26. The van der Waals surface area contributed by atoms with E-state index in [1.807, 2.05) is 6.92 Å². The van der Waals surface area contributed by atoms with Gasteiger partial charge in [0, 0.05) is 32.2 Å². The van der Waals surface area contributed by atoms with E-state index in [2.05, 4.69) is 29.1 Å². The monoisotopic (exact) mass is 243 g/mol. The zero-order chi connectivity index (χ0) is 12.8.